The third kappa shape index (κ3) is 5.20. The molecule has 0 fully saturated rings. The number of esters is 1. The molecule has 1 atom stereocenters. The van der Waals surface area contributed by atoms with Gasteiger partial charge in [-0.15, -0.1) is 0 Å². The van der Waals surface area contributed by atoms with Crippen molar-refractivity contribution in [3.63, 3.8) is 0 Å². The number of nitrogen functional groups attached to an aromatic ring is 1. The molecule has 38 heavy (non-hydrogen) atoms. The molecule has 0 saturated heterocycles. The van der Waals surface area contributed by atoms with Crippen molar-refractivity contribution >= 4 is 57.5 Å². The Morgan fingerprint density at radius 3 is 2.50 bits per heavy atom. The van der Waals surface area contributed by atoms with E-state index in [4.69, 9.17) is 16.2 Å². The molecule has 4 rings (SSSR count). The number of para-hydroxylation sites is 1. The molecule has 2 aromatic carbocycles. The van der Waals surface area contributed by atoms with Gasteiger partial charge in [0, 0.05) is 28.4 Å². The molecule has 2 heterocycles. The lowest BCUT2D eigenvalue weighted by molar-refractivity contribution is -0.143. The molecule has 196 valence electrons. The van der Waals surface area contributed by atoms with Crippen LogP contribution in [0, 0.1) is 6.92 Å². The van der Waals surface area contributed by atoms with Crippen LogP contribution in [0.5, 0.6) is 0 Å². The first-order valence-corrected chi connectivity index (χ1v) is 12.4. The second-order valence-corrected chi connectivity index (χ2v) is 9.14. The number of anilines is 2. The van der Waals surface area contributed by atoms with Gasteiger partial charge in [-0.1, -0.05) is 35.9 Å². The van der Waals surface area contributed by atoms with Gasteiger partial charge in [-0.2, -0.15) is 4.37 Å². The van der Waals surface area contributed by atoms with E-state index in [1.165, 1.54) is 4.90 Å². The SMILES string of the molecule is CCOC(=O)CNC(=O)[C@@H](c1c[nH]c2ccccc12)N(C(=O)c1snc(C(N)=O)c1N)c1ccc(C)cc1. The number of nitrogens with zero attached hydrogens (tertiary/aromatic N) is 2. The van der Waals surface area contributed by atoms with Crippen LogP contribution in [-0.2, 0) is 14.3 Å². The van der Waals surface area contributed by atoms with Gasteiger partial charge >= 0.3 is 5.97 Å². The number of ether oxygens (including phenoxy) is 1. The number of carbonyl (C=O) groups excluding carboxylic acids is 4. The summed E-state index contributed by atoms with van der Waals surface area (Å²) in [6.45, 7) is 3.31. The van der Waals surface area contributed by atoms with Crippen molar-refractivity contribution in [1.82, 2.24) is 14.7 Å². The molecule has 2 aromatic heterocycles. The van der Waals surface area contributed by atoms with Crippen LogP contribution in [0.25, 0.3) is 10.9 Å². The number of fused-ring (bicyclic) bond motifs is 1. The van der Waals surface area contributed by atoms with Gasteiger partial charge in [0.25, 0.3) is 11.8 Å². The lowest BCUT2D eigenvalue weighted by Crippen LogP contribution is -2.45. The number of H-pyrrole nitrogens is 1. The van der Waals surface area contributed by atoms with Gasteiger partial charge in [0.15, 0.2) is 5.69 Å². The maximum absolute atomic E-state index is 14.1. The fraction of sp³-hybridized carbons (Fsp3) is 0.192. The summed E-state index contributed by atoms with van der Waals surface area (Å²) in [6.07, 6.45) is 1.64. The molecule has 12 heteroatoms. The predicted molar refractivity (Wildman–Crippen MR) is 144 cm³/mol. The Morgan fingerprint density at radius 1 is 1.13 bits per heavy atom. The van der Waals surface area contributed by atoms with E-state index in [9.17, 15) is 19.2 Å². The molecule has 0 aliphatic carbocycles. The minimum atomic E-state index is -1.24. The van der Waals surface area contributed by atoms with E-state index in [0.29, 0.717) is 28.2 Å². The van der Waals surface area contributed by atoms with Gasteiger partial charge in [-0.25, -0.2) is 0 Å². The van der Waals surface area contributed by atoms with Crippen molar-refractivity contribution in [2.24, 2.45) is 5.73 Å². The first kappa shape index (κ1) is 26.4. The van der Waals surface area contributed by atoms with E-state index in [-0.39, 0.29) is 22.9 Å². The van der Waals surface area contributed by atoms with Crippen molar-refractivity contribution in [2.75, 3.05) is 23.8 Å². The largest absolute Gasteiger partial charge is 0.465 e. The van der Waals surface area contributed by atoms with Gasteiger partial charge in [-0.05, 0) is 43.6 Å². The Balaban J connectivity index is 1.88. The van der Waals surface area contributed by atoms with Crippen molar-refractivity contribution < 1.29 is 23.9 Å². The molecule has 6 N–H and O–H groups in total. The summed E-state index contributed by atoms with van der Waals surface area (Å²) in [7, 11) is 0. The Kier molecular flexibility index (Phi) is 7.72. The number of aryl methyl sites for hydroxylation is 1. The lowest BCUT2D eigenvalue weighted by Gasteiger charge is -2.31. The van der Waals surface area contributed by atoms with Gasteiger partial charge in [0.05, 0.1) is 12.3 Å². The molecule has 0 aliphatic rings. The molecule has 4 aromatic rings. The number of benzene rings is 2. The quantitative estimate of drug-likeness (QED) is 0.239. The zero-order valence-electron chi connectivity index (χ0n) is 20.7. The molecular weight excluding hydrogens is 508 g/mol. The highest BCUT2D eigenvalue weighted by Gasteiger charge is 2.37. The first-order chi connectivity index (χ1) is 18.2. The molecule has 0 radical (unpaired) electrons. The second kappa shape index (κ2) is 11.1. The Hall–Kier alpha value is -4.71. The highest BCUT2D eigenvalue weighted by molar-refractivity contribution is 7.09. The first-order valence-electron chi connectivity index (χ1n) is 11.7. The average Bonchev–Trinajstić information content (AvgIpc) is 3.50. The number of primary amides is 1. The average molecular weight is 535 g/mol. The molecule has 11 nitrogen and oxygen atoms in total. The summed E-state index contributed by atoms with van der Waals surface area (Å²) in [5, 5.41) is 3.29. The van der Waals surface area contributed by atoms with E-state index in [0.717, 1.165) is 11.1 Å². The Labute approximate surface area is 221 Å². The van der Waals surface area contributed by atoms with Crippen LogP contribution >= 0.6 is 11.5 Å². The number of rotatable bonds is 9. The normalized spacial score (nSPS) is 11.6. The summed E-state index contributed by atoms with van der Waals surface area (Å²) in [5.74, 6) is -2.79. The fourth-order valence-corrected chi connectivity index (χ4v) is 4.76. The number of amides is 3. The van der Waals surface area contributed by atoms with Gasteiger partial charge in [0.2, 0.25) is 5.91 Å². The molecule has 0 unspecified atom stereocenters. The van der Waals surface area contributed by atoms with Crippen LogP contribution in [-0.4, -0.2) is 46.2 Å². The number of aromatic amines is 1. The number of nitrogens with one attached hydrogen (secondary N) is 2. The number of nitrogens with two attached hydrogens (primary N) is 2. The number of hydrogen-bond acceptors (Lipinski definition) is 8. The zero-order valence-corrected chi connectivity index (χ0v) is 21.5. The molecule has 3 amide bonds. The van der Waals surface area contributed by atoms with Crippen LogP contribution in [0.3, 0.4) is 0 Å². The number of hydrogen-bond donors (Lipinski definition) is 4. The van der Waals surface area contributed by atoms with Crippen molar-refractivity contribution in [1.29, 1.82) is 0 Å². The van der Waals surface area contributed by atoms with E-state index < -0.39 is 36.3 Å². The highest BCUT2D eigenvalue weighted by Crippen LogP contribution is 2.36. The minimum Gasteiger partial charge on any atom is -0.465 e. The van der Waals surface area contributed by atoms with Gasteiger partial charge in [-0.3, -0.25) is 24.1 Å². The maximum atomic E-state index is 14.1. The van der Waals surface area contributed by atoms with E-state index >= 15 is 0 Å². The third-order valence-electron chi connectivity index (χ3n) is 5.82. The summed E-state index contributed by atoms with van der Waals surface area (Å²) in [6, 6.07) is 13.0. The lowest BCUT2D eigenvalue weighted by atomic mass is 10.0. The number of aromatic nitrogens is 2. The minimum absolute atomic E-state index is 0.0533. The molecule has 0 saturated carbocycles. The summed E-state index contributed by atoms with van der Waals surface area (Å²) in [5.41, 5.74) is 13.6. The molecule has 0 bridgehead atoms. The zero-order chi connectivity index (χ0) is 27.4. The van der Waals surface area contributed by atoms with Gasteiger partial charge in [0.1, 0.15) is 17.5 Å². The standard InChI is InChI=1S/C26H26N6O5S/c1-3-37-19(33)13-30-25(35)22(17-12-29-18-7-5-4-6-16(17)18)32(15-10-8-14(2)9-11-15)26(36)23-20(27)21(24(28)34)31-38-23/h4-12,22,29H,3,13,27H2,1-2H3,(H2,28,34)(H,30,35)/t22-/m1/s1. The second-order valence-electron chi connectivity index (χ2n) is 8.36. The Bertz CT molecular complexity index is 1510. The topological polar surface area (TPSA) is 174 Å². The van der Waals surface area contributed by atoms with Crippen molar-refractivity contribution in [3.8, 4) is 0 Å². The highest BCUT2D eigenvalue weighted by atomic mass is 32.1. The fourth-order valence-electron chi connectivity index (χ4n) is 4.01. The van der Waals surface area contributed by atoms with E-state index in [1.54, 1.807) is 37.4 Å². The van der Waals surface area contributed by atoms with Crippen LogP contribution in [0.4, 0.5) is 11.4 Å². The number of carbonyl (C=O) groups is 4. The monoisotopic (exact) mass is 534 g/mol. The Morgan fingerprint density at radius 2 is 1.84 bits per heavy atom. The summed E-state index contributed by atoms with van der Waals surface area (Å²) < 4.78 is 8.89. The van der Waals surface area contributed by atoms with Crippen LogP contribution in [0.2, 0.25) is 0 Å². The molecule has 0 aliphatic heterocycles. The van der Waals surface area contributed by atoms with Gasteiger partial charge < -0.3 is 26.5 Å². The van der Waals surface area contributed by atoms with E-state index in [1.807, 2.05) is 31.2 Å². The molecule has 0 spiro atoms. The van der Waals surface area contributed by atoms with Crippen LogP contribution < -0.4 is 21.7 Å². The van der Waals surface area contributed by atoms with Crippen LogP contribution in [0.15, 0.2) is 54.7 Å². The predicted octanol–water partition coefficient (Wildman–Crippen LogP) is 2.68. The summed E-state index contributed by atoms with van der Waals surface area (Å²) >= 11 is 0.713. The summed E-state index contributed by atoms with van der Waals surface area (Å²) in [4.78, 5) is 56.0. The third-order valence-corrected chi connectivity index (χ3v) is 6.67. The van der Waals surface area contributed by atoms with Crippen molar-refractivity contribution in [2.45, 2.75) is 19.9 Å². The van der Waals surface area contributed by atoms with E-state index in [2.05, 4.69) is 14.7 Å². The van der Waals surface area contributed by atoms with Crippen molar-refractivity contribution in [3.05, 3.63) is 76.4 Å². The van der Waals surface area contributed by atoms with Crippen LogP contribution in [0.1, 0.15) is 44.3 Å². The molecular formula is C26H26N6O5S. The maximum Gasteiger partial charge on any atom is 0.325 e. The smallest absolute Gasteiger partial charge is 0.325 e.